The Morgan fingerprint density at radius 3 is 2.49 bits per heavy atom. The largest absolute Gasteiger partial charge is 0.507 e. The van der Waals surface area contributed by atoms with Crippen molar-refractivity contribution >= 4 is 46.7 Å². The number of nitrogens with one attached hydrogen (secondary N) is 1. The van der Waals surface area contributed by atoms with Gasteiger partial charge in [-0.25, -0.2) is 0 Å². The van der Waals surface area contributed by atoms with E-state index in [1.165, 1.54) is 33.4 Å². The van der Waals surface area contributed by atoms with Gasteiger partial charge in [0.15, 0.2) is 17.3 Å². The fourth-order valence-corrected chi connectivity index (χ4v) is 4.55. The lowest BCUT2D eigenvalue weighted by Crippen LogP contribution is -2.52. The number of anilines is 1. The maximum absolute atomic E-state index is 13.7. The van der Waals surface area contributed by atoms with Crippen LogP contribution in [0.4, 0.5) is 11.4 Å². The standard InChI is InChI=1S/C25H23ClN2O7/c1-12-9-17(30)16(11-27-14-5-7-15(8-6-14)28-13(2)29)23(31)25(12)24(32)20-18(33-3)10-19(34-4)21(26)22(20)35-25/h5-8,10-12,31H,9H2,1-4H3,(H,28,29)/t12-,25+/m1/s1. The van der Waals surface area contributed by atoms with Crippen LogP contribution in [0, 0.1) is 5.92 Å². The first-order valence-corrected chi connectivity index (χ1v) is 11.1. The summed E-state index contributed by atoms with van der Waals surface area (Å²) in [5.74, 6) is -1.98. The molecule has 1 spiro atoms. The zero-order valence-corrected chi connectivity index (χ0v) is 20.2. The number of ether oxygens (including phenoxy) is 3. The second-order valence-electron chi connectivity index (χ2n) is 8.24. The highest BCUT2D eigenvalue weighted by molar-refractivity contribution is 6.35. The second kappa shape index (κ2) is 9.07. The van der Waals surface area contributed by atoms with Crippen LogP contribution in [0.15, 0.2) is 46.7 Å². The van der Waals surface area contributed by atoms with E-state index in [1.807, 2.05) is 0 Å². The van der Waals surface area contributed by atoms with Crippen LogP contribution in [0.2, 0.25) is 5.02 Å². The summed E-state index contributed by atoms with van der Waals surface area (Å²) in [5, 5.41) is 14.0. The number of rotatable bonds is 5. The number of ketones is 2. The Morgan fingerprint density at radius 1 is 1.23 bits per heavy atom. The molecule has 2 aromatic carbocycles. The lowest BCUT2D eigenvalue weighted by atomic mass is 9.73. The van der Waals surface area contributed by atoms with Crippen LogP contribution in [-0.2, 0) is 9.59 Å². The number of aliphatic hydroxyl groups excluding tert-OH is 1. The summed E-state index contributed by atoms with van der Waals surface area (Å²) in [6.07, 6.45) is 1.14. The van der Waals surface area contributed by atoms with E-state index in [4.69, 9.17) is 25.8 Å². The van der Waals surface area contributed by atoms with Crippen LogP contribution in [-0.4, -0.2) is 48.6 Å². The monoisotopic (exact) mass is 498 g/mol. The van der Waals surface area contributed by atoms with E-state index >= 15 is 0 Å². The number of hydrogen-bond acceptors (Lipinski definition) is 8. The van der Waals surface area contributed by atoms with Crippen molar-refractivity contribution < 1.29 is 33.7 Å². The molecule has 182 valence electrons. The van der Waals surface area contributed by atoms with Crippen molar-refractivity contribution in [2.45, 2.75) is 25.9 Å². The average molecular weight is 499 g/mol. The Labute approximate surface area is 206 Å². The van der Waals surface area contributed by atoms with E-state index in [0.29, 0.717) is 11.4 Å². The summed E-state index contributed by atoms with van der Waals surface area (Å²) >= 11 is 6.42. The first-order valence-electron chi connectivity index (χ1n) is 10.7. The van der Waals surface area contributed by atoms with Crippen molar-refractivity contribution in [3.05, 3.63) is 52.3 Å². The van der Waals surface area contributed by atoms with Crippen LogP contribution in [0.3, 0.4) is 0 Å². The number of methoxy groups -OCH3 is 2. The molecule has 0 unspecified atom stereocenters. The SMILES string of the molecule is COc1cc(OC)c2c(c1Cl)O[C@]1(C2=O)C(O)=C(C=Nc2ccc(NC(C)=O)cc2)C(=O)C[C@H]1C. The second-order valence-corrected chi connectivity index (χ2v) is 8.62. The molecular weight excluding hydrogens is 476 g/mol. The summed E-state index contributed by atoms with van der Waals surface area (Å²) in [6.45, 7) is 3.04. The number of carbonyl (C=O) groups is 3. The molecule has 0 fully saturated rings. The number of fused-ring (bicyclic) bond motifs is 1. The Bertz CT molecular complexity index is 1300. The molecule has 35 heavy (non-hydrogen) atoms. The van der Waals surface area contributed by atoms with Gasteiger partial charge in [-0.3, -0.25) is 19.4 Å². The van der Waals surface area contributed by atoms with Gasteiger partial charge in [-0.15, -0.1) is 0 Å². The van der Waals surface area contributed by atoms with Crippen LogP contribution < -0.4 is 19.5 Å². The highest BCUT2D eigenvalue weighted by Crippen LogP contribution is 2.54. The summed E-state index contributed by atoms with van der Waals surface area (Å²) in [6, 6.07) is 8.03. The summed E-state index contributed by atoms with van der Waals surface area (Å²) < 4.78 is 16.7. The van der Waals surface area contributed by atoms with E-state index in [0.717, 1.165) is 0 Å². The van der Waals surface area contributed by atoms with Crippen LogP contribution >= 0.6 is 11.6 Å². The molecule has 0 aromatic heterocycles. The molecule has 0 saturated heterocycles. The van der Waals surface area contributed by atoms with Gasteiger partial charge in [-0.05, 0) is 24.3 Å². The Balaban J connectivity index is 1.77. The molecule has 1 aliphatic heterocycles. The number of nitrogens with zero attached hydrogens (tertiary/aromatic N) is 1. The Hall–Kier alpha value is -3.85. The predicted octanol–water partition coefficient (Wildman–Crippen LogP) is 4.45. The smallest absolute Gasteiger partial charge is 0.231 e. The molecule has 2 atom stereocenters. The van der Waals surface area contributed by atoms with E-state index in [9.17, 15) is 19.5 Å². The van der Waals surface area contributed by atoms with Gasteiger partial charge in [-0.2, -0.15) is 0 Å². The molecule has 2 aliphatic rings. The van der Waals surface area contributed by atoms with Gasteiger partial charge in [0.05, 0.1) is 25.5 Å². The normalized spacial score (nSPS) is 21.3. The summed E-state index contributed by atoms with van der Waals surface area (Å²) in [4.78, 5) is 42.0. The third-order valence-electron chi connectivity index (χ3n) is 6.04. The number of Topliss-reactive ketones (excluding diaryl/α,β-unsaturated/α-hetero) is 2. The zero-order chi connectivity index (χ0) is 25.5. The van der Waals surface area contributed by atoms with Gasteiger partial charge in [0, 0.05) is 37.2 Å². The minimum atomic E-state index is -1.86. The minimum absolute atomic E-state index is 0.0189. The topological polar surface area (TPSA) is 124 Å². The number of allylic oxidation sites excluding steroid dienone is 1. The molecule has 2 N–H and O–H groups in total. The highest BCUT2D eigenvalue weighted by atomic mass is 35.5. The molecular formula is C25H23ClN2O7. The number of aliphatic hydroxyl groups is 1. The van der Waals surface area contributed by atoms with E-state index < -0.39 is 23.1 Å². The van der Waals surface area contributed by atoms with Crippen molar-refractivity contribution in [1.29, 1.82) is 0 Å². The fourth-order valence-electron chi connectivity index (χ4n) is 4.29. The molecule has 4 rings (SSSR count). The minimum Gasteiger partial charge on any atom is -0.507 e. The maximum atomic E-state index is 13.7. The third-order valence-corrected chi connectivity index (χ3v) is 6.40. The molecule has 0 radical (unpaired) electrons. The van der Waals surface area contributed by atoms with Crippen LogP contribution in [0.25, 0.3) is 0 Å². The van der Waals surface area contributed by atoms with Gasteiger partial charge in [0.1, 0.15) is 22.1 Å². The fraction of sp³-hybridized carbons (Fsp3) is 0.280. The first-order chi connectivity index (χ1) is 16.6. The number of halogens is 1. The maximum Gasteiger partial charge on any atom is 0.231 e. The molecule has 0 saturated carbocycles. The van der Waals surface area contributed by atoms with Crippen molar-refractivity contribution in [3.63, 3.8) is 0 Å². The molecule has 1 amide bonds. The molecule has 1 aliphatic carbocycles. The van der Waals surface area contributed by atoms with E-state index in [1.54, 1.807) is 31.2 Å². The quantitative estimate of drug-likeness (QED) is 0.583. The highest BCUT2D eigenvalue weighted by Gasteiger charge is 2.60. The van der Waals surface area contributed by atoms with Gasteiger partial charge >= 0.3 is 0 Å². The van der Waals surface area contributed by atoms with Crippen molar-refractivity contribution in [2.24, 2.45) is 10.9 Å². The number of amides is 1. The van der Waals surface area contributed by atoms with Crippen molar-refractivity contribution in [3.8, 4) is 17.2 Å². The van der Waals surface area contributed by atoms with Crippen molar-refractivity contribution in [2.75, 3.05) is 19.5 Å². The lowest BCUT2D eigenvalue weighted by molar-refractivity contribution is -0.119. The Morgan fingerprint density at radius 2 is 1.89 bits per heavy atom. The number of carbonyl (C=O) groups excluding carboxylic acids is 3. The van der Waals surface area contributed by atoms with E-state index in [2.05, 4.69) is 10.3 Å². The molecule has 2 aromatic rings. The zero-order valence-electron chi connectivity index (χ0n) is 19.5. The van der Waals surface area contributed by atoms with Gasteiger partial charge in [-0.1, -0.05) is 18.5 Å². The lowest BCUT2D eigenvalue weighted by Gasteiger charge is -2.36. The first kappa shape index (κ1) is 24.3. The number of benzene rings is 2. The Kier molecular flexibility index (Phi) is 6.29. The summed E-state index contributed by atoms with van der Waals surface area (Å²) in [7, 11) is 2.80. The van der Waals surface area contributed by atoms with Crippen LogP contribution in [0.5, 0.6) is 17.2 Å². The van der Waals surface area contributed by atoms with Crippen molar-refractivity contribution in [1.82, 2.24) is 0 Å². The van der Waals surface area contributed by atoms with Gasteiger partial charge in [0.25, 0.3) is 0 Å². The van der Waals surface area contributed by atoms with E-state index in [-0.39, 0.29) is 51.5 Å². The predicted molar refractivity (Wildman–Crippen MR) is 130 cm³/mol. The number of aliphatic imine (C=N–C) groups is 1. The third kappa shape index (κ3) is 3.91. The summed E-state index contributed by atoms with van der Waals surface area (Å²) in [5.41, 5.74) is -0.885. The number of hydrogen-bond donors (Lipinski definition) is 2. The molecule has 1 heterocycles. The molecule has 0 bridgehead atoms. The molecule has 10 heteroatoms. The molecule has 9 nitrogen and oxygen atoms in total. The average Bonchev–Trinajstić information content (AvgIpc) is 3.14. The van der Waals surface area contributed by atoms with Crippen LogP contribution in [0.1, 0.15) is 30.6 Å². The van der Waals surface area contributed by atoms with Gasteiger partial charge < -0.3 is 24.6 Å². The van der Waals surface area contributed by atoms with Gasteiger partial charge in [0.2, 0.25) is 17.3 Å².